The van der Waals surface area contributed by atoms with Gasteiger partial charge in [0.1, 0.15) is 0 Å². The van der Waals surface area contributed by atoms with Crippen LogP contribution < -0.4 is 5.73 Å². The van der Waals surface area contributed by atoms with E-state index >= 15 is 0 Å². The summed E-state index contributed by atoms with van der Waals surface area (Å²) in [6, 6.07) is 6.31. The van der Waals surface area contributed by atoms with E-state index in [2.05, 4.69) is 74.9 Å². The second-order valence-corrected chi connectivity index (χ2v) is 14.1. The van der Waals surface area contributed by atoms with E-state index in [9.17, 15) is 0 Å². The molecule has 21 heavy (non-hydrogen) atoms. The van der Waals surface area contributed by atoms with Gasteiger partial charge in [0.05, 0.1) is 14.7 Å². The molecule has 0 aliphatic heterocycles. The standard InChI is InChI=1S/C17H30BrNOSi/c1-13-8-7-9-16(18)15(13)10-14(19)11-20-12-21(5,6)17(2,3)4/h7-9,14H,10-12,19H2,1-6H3. The summed E-state index contributed by atoms with van der Waals surface area (Å²) in [6.45, 7) is 14.5. The first-order valence-corrected chi connectivity index (χ1v) is 11.6. The lowest BCUT2D eigenvalue weighted by Crippen LogP contribution is -2.44. The van der Waals surface area contributed by atoms with Gasteiger partial charge in [0.2, 0.25) is 0 Å². The van der Waals surface area contributed by atoms with E-state index in [0.717, 1.165) is 17.1 Å². The van der Waals surface area contributed by atoms with Gasteiger partial charge in [0.15, 0.2) is 0 Å². The number of hydrogen-bond donors (Lipinski definition) is 1. The van der Waals surface area contributed by atoms with Crippen LogP contribution in [0.5, 0.6) is 0 Å². The van der Waals surface area contributed by atoms with Gasteiger partial charge in [0, 0.05) is 16.7 Å². The number of halogens is 1. The lowest BCUT2D eigenvalue weighted by Gasteiger charge is -2.36. The van der Waals surface area contributed by atoms with Crippen LogP contribution in [0.1, 0.15) is 31.9 Å². The highest BCUT2D eigenvalue weighted by atomic mass is 79.9. The third kappa shape index (κ3) is 5.51. The quantitative estimate of drug-likeness (QED) is 0.735. The summed E-state index contributed by atoms with van der Waals surface area (Å²) in [4.78, 5) is 0. The van der Waals surface area contributed by atoms with Crippen molar-refractivity contribution in [2.75, 3.05) is 12.8 Å². The molecule has 0 aromatic heterocycles. The lowest BCUT2D eigenvalue weighted by atomic mass is 10.0. The minimum absolute atomic E-state index is 0.0483. The van der Waals surface area contributed by atoms with Gasteiger partial charge in [-0.1, -0.05) is 61.9 Å². The third-order valence-corrected chi connectivity index (χ3v) is 10.4. The summed E-state index contributed by atoms with van der Waals surface area (Å²) in [6.07, 6.45) is 1.73. The largest absolute Gasteiger partial charge is 0.383 e. The van der Waals surface area contributed by atoms with E-state index in [1.165, 1.54) is 11.1 Å². The average molecular weight is 372 g/mol. The van der Waals surface area contributed by atoms with Crippen molar-refractivity contribution in [3.05, 3.63) is 33.8 Å². The molecule has 4 heteroatoms. The summed E-state index contributed by atoms with van der Waals surface area (Å²) in [5, 5.41) is 0.357. The van der Waals surface area contributed by atoms with E-state index in [4.69, 9.17) is 10.5 Å². The van der Waals surface area contributed by atoms with Crippen LogP contribution in [0, 0.1) is 6.92 Å². The first-order chi connectivity index (χ1) is 9.54. The van der Waals surface area contributed by atoms with Crippen molar-refractivity contribution in [3.63, 3.8) is 0 Å². The van der Waals surface area contributed by atoms with Gasteiger partial charge in [0.25, 0.3) is 0 Å². The Kier molecular flexibility index (Phi) is 6.66. The number of hydrogen-bond acceptors (Lipinski definition) is 2. The van der Waals surface area contributed by atoms with Gasteiger partial charge in [-0.3, -0.25) is 0 Å². The molecule has 1 atom stereocenters. The maximum Gasteiger partial charge on any atom is 0.0829 e. The van der Waals surface area contributed by atoms with Gasteiger partial charge >= 0.3 is 0 Å². The SMILES string of the molecule is Cc1cccc(Br)c1CC(N)COC[Si](C)(C)C(C)(C)C. The van der Waals surface area contributed by atoms with Crippen molar-refractivity contribution in [1.82, 2.24) is 0 Å². The Labute approximate surface area is 139 Å². The fourth-order valence-electron chi connectivity index (χ4n) is 1.93. The van der Waals surface area contributed by atoms with Crippen molar-refractivity contribution in [2.24, 2.45) is 5.73 Å². The number of aryl methyl sites for hydroxylation is 1. The van der Waals surface area contributed by atoms with E-state index in [1.54, 1.807) is 0 Å². The van der Waals surface area contributed by atoms with E-state index in [0.29, 0.717) is 11.6 Å². The number of benzene rings is 1. The molecule has 1 rings (SSSR count). The molecule has 0 bridgehead atoms. The molecule has 0 heterocycles. The molecular weight excluding hydrogens is 342 g/mol. The molecule has 2 nitrogen and oxygen atoms in total. The molecule has 120 valence electrons. The zero-order chi connectivity index (χ0) is 16.3. The van der Waals surface area contributed by atoms with Crippen molar-refractivity contribution >= 4 is 24.0 Å². The molecule has 1 aromatic carbocycles. The van der Waals surface area contributed by atoms with Gasteiger partial charge in [-0.2, -0.15) is 0 Å². The van der Waals surface area contributed by atoms with Gasteiger partial charge in [-0.15, -0.1) is 0 Å². The van der Waals surface area contributed by atoms with Crippen molar-refractivity contribution < 1.29 is 4.74 Å². The van der Waals surface area contributed by atoms with Crippen LogP contribution >= 0.6 is 15.9 Å². The minimum atomic E-state index is -1.37. The highest BCUT2D eigenvalue weighted by molar-refractivity contribution is 9.10. The third-order valence-electron chi connectivity index (χ3n) is 4.64. The van der Waals surface area contributed by atoms with Gasteiger partial charge < -0.3 is 10.5 Å². The maximum atomic E-state index is 6.25. The summed E-state index contributed by atoms with van der Waals surface area (Å²) < 4.78 is 7.10. The summed E-state index contributed by atoms with van der Waals surface area (Å²) in [5.41, 5.74) is 8.83. The Hall–Kier alpha value is -0.163. The number of ether oxygens (including phenoxy) is 1. The Bertz CT molecular complexity index is 448. The predicted molar refractivity (Wildman–Crippen MR) is 98.6 cm³/mol. The fraction of sp³-hybridized carbons (Fsp3) is 0.647. The average Bonchev–Trinajstić information content (AvgIpc) is 2.32. The Morgan fingerprint density at radius 2 is 1.90 bits per heavy atom. The number of rotatable bonds is 6. The Morgan fingerprint density at radius 1 is 1.29 bits per heavy atom. The molecule has 0 amide bonds. The van der Waals surface area contributed by atoms with Crippen LogP contribution in [0.15, 0.2) is 22.7 Å². The zero-order valence-corrected chi connectivity index (χ0v) is 16.9. The predicted octanol–water partition coefficient (Wildman–Crippen LogP) is 4.69. The molecule has 0 fully saturated rings. The first kappa shape index (κ1) is 18.9. The van der Waals surface area contributed by atoms with Crippen molar-refractivity contribution in [3.8, 4) is 0 Å². The summed E-state index contributed by atoms with van der Waals surface area (Å²) in [5.74, 6) is 0. The van der Waals surface area contributed by atoms with Crippen LogP contribution in [0.2, 0.25) is 18.1 Å². The second-order valence-electron chi connectivity index (χ2n) is 7.65. The lowest BCUT2D eigenvalue weighted by molar-refractivity contribution is 0.154. The van der Waals surface area contributed by atoms with E-state index in [1.807, 2.05) is 0 Å². The summed E-state index contributed by atoms with van der Waals surface area (Å²) >= 11 is 3.61. The highest BCUT2D eigenvalue weighted by Gasteiger charge is 2.35. The molecule has 0 radical (unpaired) electrons. The molecule has 0 saturated carbocycles. The van der Waals surface area contributed by atoms with Crippen LogP contribution in [0.4, 0.5) is 0 Å². The van der Waals surface area contributed by atoms with Crippen LogP contribution in [0.3, 0.4) is 0 Å². The first-order valence-electron chi connectivity index (χ1n) is 7.62. The highest BCUT2D eigenvalue weighted by Crippen LogP contribution is 2.35. The fourth-order valence-corrected chi connectivity index (χ4v) is 3.62. The topological polar surface area (TPSA) is 35.2 Å². The van der Waals surface area contributed by atoms with Crippen LogP contribution in [-0.4, -0.2) is 27.0 Å². The number of nitrogens with two attached hydrogens (primary N) is 1. The van der Waals surface area contributed by atoms with Gasteiger partial charge in [-0.25, -0.2) is 0 Å². The van der Waals surface area contributed by atoms with Crippen LogP contribution in [0.25, 0.3) is 0 Å². The molecule has 1 unspecified atom stereocenters. The maximum absolute atomic E-state index is 6.25. The molecule has 0 aliphatic rings. The molecule has 2 N–H and O–H groups in total. The molecule has 0 spiro atoms. The van der Waals surface area contributed by atoms with Crippen LogP contribution in [-0.2, 0) is 11.2 Å². The zero-order valence-electron chi connectivity index (χ0n) is 14.3. The monoisotopic (exact) mass is 371 g/mol. The van der Waals surface area contributed by atoms with Gasteiger partial charge in [-0.05, 0) is 35.6 Å². The smallest absolute Gasteiger partial charge is 0.0829 e. The van der Waals surface area contributed by atoms with Crippen molar-refractivity contribution in [1.29, 1.82) is 0 Å². The molecule has 1 aromatic rings. The molecule has 0 aliphatic carbocycles. The Balaban J connectivity index is 2.51. The van der Waals surface area contributed by atoms with Crippen molar-refractivity contribution in [2.45, 2.75) is 58.3 Å². The van der Waals surface area contributed by atoms with E-state index < -0.39 is 8.07 Å². The summed E-state index contributed by atoms with van der Waals surface area (Å²) in [7, 11) is -1.37. The normalized spacial score (nSPS) is 14.3. The molecular formula is C17H30BrNOSi. The van der Waals surface area contributed by atoms with E-state index in [-0.39, 0.29) is 6.04 Å². The molecule has 0 saturated heterocycles. The minimum Gasteiger partial charge on any atom is -0.383 e. The Morgan fingerprint density at radius 3 is 2.43 bits per heavy atom. The second kappa shape index (κ2) is 7.40.